The predicted molar refractivity (Wildman–Crippen MR) is 73.0 cm³/mol. The Hall–Kier alpha value is -2.10. The van der Waals surface area contributed by atoms with Gasteiger partial charge in [0, 0.05) is 18.3 Å². The highest BCUT2D eigenvalue weighted by molar-refractivity contribution is 5.63. The third-order valence-corrected chi connectivity index (χ3v) is 2.77. The minimum absolute atomic E-state index is 0.637. The normalized spacial score (nSPS) is 10.2. The van der Waals surface area contributed by atoms with E-state index in [0.717, 1.165) is 28.3 Å². The highest BCUT2D eigenvalue weighted by Gasteiger charge is 2.06. The van der Waals surface area contributed by atoms with Gasteiger partial charge in [-0.25, -0.2) is 9.97 Å². The molecule has 4 nitrogen and oxygen atoms in total. The SMILES string of the molecule is CNc1nc(C)cc(-c2ccc(OC)c(C)c2)n1. The van der Waals surface area contributed by atoms with E-state index in [-0.39, 0.29) is 0 Å². The zero-order valence-corrected chi connectivity index (χ0v) is 11.1. The van der Waals surface area contributed by atoms with E-state index in [9.17, 15) is 0 Å². The van der Waals surface area contributed by atoms with Gasteiger partial charge >= 0.3 is 0 Å². The molecule has 1 N–H and O–H groups in total. The van der Waals surface area contributed by atoms with E-state index in [1.807, 2.05) is 39.1 Å². The van der Waals surface area contributed by atoms with Crippen molar-refractivity contribution in [3.63, 3.8) is 0 Å². The van der Waals surface area contributed by atoms with Crippen LogP contribution in [0.25, 0.3) is 11.3 Å². The Morgan fingerprint density at radius 2 is 1.89 bits per heavy atom. The number of hydrogen-bond donors (Lipinski definition) is 1. The van der Waals surface area contributed by atoms with Gasteiger partial charge < -0.3 is 10.1 Å². The van der Waals surface area contributed by atoms with Crippen molar-refractivity contribution in [2.24, 2.45) is 0 Å². The molecule has 0 radical (unpaired) electrons. The Bertz CT molecular complexity index is 567. The fourth-order valence-corrected chi connectivity index (χ4v) is 1.87. The highest BCUT2D eigenvalue weighted by Crippen LogP contribution is 2.25. The first-order valence-corrected chi connectivity index (χ1v) is 5.82. The quantitative estimate of drug-likeness (QED) is 0.900. The van der Waals surface area contributed by atoms with E-state index in [4.69, 9.17) is 4.74 Å². The maximum atomic E-state index is 5.26. The molecule has 0 unspecified atom stereocenters. The molecular weight excluding hydrogens is 226 g/mol. The van der Waals surface area contributed by atoms with E-state index in [1.54, 1.807) is 7.11 Å². The summed E-state index contributed by atoms with van der Waals surface area (Å²) in [6.45, 7) is 3.98. The van der Waals surface area contributed by atoms with Crippen LogP contribution in [0.5, 0.6) is 5.75 Å². The number of rotatable bonds is 3. The number of ether oxygens (including phenoxy) is 1. The Kier molecular flexibility index (Phi) is 3.46. The van der Waals surface area contributed by atoms with Gasteiger partial charge in [-0.15, -0.1) is 0 Å². The van der Waals surface area contributed by atoms with Crippen LogP contribution in [0.3, 0.4) is 0 Å². The lowest BCUT2D eigenvalue weighted by Gasteiger charge is -2.08. The number of methoxy groups -OCH3 is 1. The average Bonchev–Trinajstić information content (AvgIpc) is 2.37. The number of aromatic nitrogens is 2. The van der Waals surface area contributed by atoms with Crippen LogP contribution in [0.15, 0.2) is 24.3 Å². The fourth-order valence-electron chi connectivity index (χ4n) is 1.87. The maximum absolute atomic E-state index is 5.26. The molecule has 2 aromatic rings. The summed E-state index contributed by atoms with van der Waals surface area (Å²) in [5.41, 5.74) is 4.02. The molecule has 0 bridgehead atoms. The van der Waals surface area contributed by atoms with Gasteiger partial charge in [-0.1, -0.05) is 0 Å². The third-order valence-electron chi connectivity index (χ3n) is 2.77. The summed E-state index contributed by atoms with van der Waals surface area (Å²) in [4.78, 5) is 8.74. The van der Waals surface area contributed by atoms with Crippen molar-refractivity contribution < 1.29 is 4.74 Å². The molecule has 1 aromatic heterocycles. The molecule has 1 aromatic carbocycles. The number of anilines is 1. The molecule has 0 saturated carbocycles. The van der Waals surface area contributed by atoms with Crippen LogP contribution in [0.1, 0.15) is 11.3 Å². The van der Waals surface area contributed by atoms with Crippen molar-refractivity contribution in [1.29, 1.82) is 0 Å². The van der Waals surface area contributed by atoms with Crippen LogP contribution < -0.4 is 10.1 Å². The van der Waals surface area contributed by atoms with Crippen LogP contribution >= 0.6 is 0 Å². The van der Waals surface area contributed by atoms with Gasteiger partial charge in [-0.05, 0) is 43.7 Å². The second-order valence-corrected chi connectivity index (χ2v) is 4.15. The standard InChI is InChI=1S/C14H17N3O/c1-9-7-11(5-6-13(9)18-4)12-8-10(2)16-14(15-3)17-12/h5-8H,1-4H3,(H,15,16,17). The topological polar surface area (TPSA) is 47.0 Å². The first kappa shape index (κ1) is 12.4. The minimum Gasteiger partial charge on any atom is -0.496 e. The summed E-state index contributed by atoms with van der Waals surface area (Å²) < 4.78 is 5.26. The number of nitrogens with zero attached hydrogens (tertiary/aromatic N) is 2. The lowest BCUT2D eigenvalue weighted by Crippen LogP contribution is -1.99. The van der Waals surface area contributed by atoms with Crippen LogP contribution in [-0.4, -0.2) is 24.1 Å². The summed E-state index contributed by atoms with van der Waals surface area (Å²) in [5.74, 6) is 1.52. The molecule has 0 aliphatic rings. The molecule has 4 heteroatoms. The van der Waals surface area contributed by atoms with Crippen LogP contribution in [-0.2, 0) is 0 Å². The molecule has 1 heterocycles. The number of hydrogen-bond acceptors (Lipinski definition) is 4. The molecule has 0 saturated heterocycles. The maximum Gasteiger partial charge on any atom is 0.223 e. The second kappa shape index (κ2) is 5.04. The summed E-state index contributed by atoms with van der Waals surface area (Å²) in [5, 5.41) is 2.97. The summed E-state index contributed by atoms with van der Waals surface area (Å²) in [6, 6.07) is 8.01. The van der Waals surface area contributed by atoms with E-state index < -0.39 is 0 Å². The van der Waals surface area contributed by atoms with E-state index in [2.05, 4.69) is 21.4 Å². The Balaban J connectivity index is 2.48. The zero-order chi connectivity index (χ0) is 13.1. The van der Waals surface area contributed by atoms with Gasteiger partial charge in [-0.2, -0.15) is 0 Å². The first-order chi connectivity index (χ1) is 8.63. The average molecular weight is 243 g/mol. The molecule has 94 valence electrons. The van der Waals surface area contributed by atoms with Crippen molar-refractivity contribution in [2.45, 2.75) is 13.8 Å². The summed E-state index contributed by atoms with van der Waals surface area (Å²) in [7, 11) is 3.49. The van der Waals surface area contributed by atoms with Crippen molar-refractivity contribution in [3.05, 3.63) is 35.5 Å². The van der Waals surface area contributed by atoms with Crippen molar-refractivity contribution in [2.75, 3.05) is 19.5 Å². The largest absolute Gasteiger partial charge is 0.496 e. The molecule has 0 fully saturated rings. The Morgan fingerprint density at radius 1 is 1.11 bits per heavy atom. The fraction of sp³-hybridized carbons (Fsp3) is 0.286. The first-order valence-electron chi connectivity index (χ1n) is 5.82. The molecular formula is C14H17N3O. The Morgan fingerprint density at radius 3 is 2.50 bits per heavy atom. The highest BCUT2D eigenvalue weighted by atomic mass is 16.5. The van der Waals surface area contributed by atoms with Crippen molar-refractivity contribution >= 4 is 5.95 Å². The molecule has 0 amide bonds. The minimum atomic E-state index is 0.637. The van der Waals surface area contributed by atoms with Crippen molar-refractivity contribution in [3.8, 4) is 17.0 Å². The lowest BCUT2D eigenvalue weighted by molar-refractivity contribution is 0.412. The predicted octanol–water partition coefficient (Wildman–Crippen LogP) is 2.81. The van der Waals surface area contributed by atoms with E-state index >= 15 is 0 Å². The van der Waals surface area contributed by atoms with Crippen molar-refractivity contribution in [1.82, 2.24) is 9.97 Å². The number of benzene rings is 1. The molecule has 18 heavy (non-hydrogen) atoms. The second-order valence-electron chi connectivity index (χ2n) is 4.15. The molecule has 0 aliphatic heterocycles. The van der Waals surface area contributed by atoms with Gasteiger partial charge in [0.2, 0.25) is 5.95 Å². The van der Waals surface area contributed by atoms with Gasteiger partial charge in [0.1, 0.15) is 5.75 Å². The van der Waals surface area contributed by atoms with E-state index in [1.165, 1.54) is 0 Å². The lowest BCUT2D eigenvalue weighted by atomic mass is 10.1. The van der Waals surface area contributed by atoms with Crippen LogP contribution in [0.2, 0.25) is 0 Å². The van der Waals surface area contributed by atoms with Gasteiger partial charge in [0.05, 0.1) is 12.8 Å². The smallest absolute Gasteiger partial charge is 0.223 e. The number of nitrogens with one attached hydrogen (secondary N) is 1. The summed E-state index contributed by atoms with van der Waals surface area (Å²) in [6.07, 6.45) is 0. The van der Waals surface area contributed by atoms with Crippen LogP contribution in [0, 0.1) is 13.8 Å². The molecule has 0 atom stereocenters. The van der Waals surface area contributed by atoms with Gasteiger partial charge in [-0.3, -0.25) is 0 Å². The summed E-state index contributed by atoms with van der Waals surface area (Å²) >= 11 is 0. The Labute approximate surface area is 107 Å². The van der Waals surface area contributed by atoms with Gasteiger partial charge in [0.15, 0.2) is 0 Å². The molecule has 0 aliphatic carbocycles. The monoisotopic (exact) mass is 243 g/mol. The molecule has 2 rings (SSSR count). The zero-order valence-electron chi connectivity index (χ0n) is 11.1. The third kappa shape index (κ3) is 2.42. The number of aryl methyl sites for hydroxylation is 2. The van der Waals surface area contributed by atoms with Crippen LogP contribution in [0.4, 0.5) is 5.95 Å². The van der Waals surface area contributed by atoms with Gasteiger partial charge in [0.25, 0.3) is 0 Å². The molecule has 0 spiro atoms. The van der Waals surface area contributed by atoms with E-state index in [0.29, 0.717) is 5.95 Å².